The molecule has 0 saturated heterocycles. The van der Waals surface area contributed by atoms with Gasteiger partial charge in [0.15, 0.2) is 0 Å². The molecule has 1 amide bonds. The lowest BCUT2D eigenvalue weighted by Crippen LogP contribution is -2.28. The zero-order valence-electron chi connectivity index (χ0n) is 15.0. The van der Waals surface area contributed by atoms with Crippen LogP contribution in [0.5, 0.6) is 0 Å². The standard InChI is InChI=1S/C19H35NO/c1-7-20(8-2)19(21)15-18(6)14-10-13-17(5)12-9-11-16(3)4/h10,14-17H,7-9,11-13H2,1-6H3/b14-10+,18-15+. The van der Waals surface area contributed by atoms with Gasteiger partial charge in [-0.2, -0.15) is 0 Å². The highest BCUT2D eigenvalue weighted by molar-refractivity contribution is 5.88. The van der Waals surface area contributed by atoms with Gasteiger partial charge in [0, 0.05) is 19.2 Å². The average Bonchev–Trinajstić information content (AvgIpc) is 2.39. The summed E-state index contributed by atoms with van der Waals surface area (Å²) in [6.45, 7) is 14.5. The molecule has 0 aliphatic carbocycles. The molecule has 122 valence electrons. The number of rotatable bonds is 10. The number of hydrogen-bond acceptors (Lipinski definition) is 1. The monoisotopic (exact) mass is 293 g/mol. The van der Waals surface area contributed by atoms with Crippen molar-refractivity contribution in [3.8, 4) is 0 Å². The minimum absolute atomic E-state index is 0.118. The van der Waals surface area contributed by atoms with E-state index in [1.165, 1.54) is 19.3 Å². The van der Waals surface area contributed by atoms with Gasteiger partial charge < -0.3 is 4.90 Å². The molecule has 0 aromatic carbocycles. The molecular formula is C19H35NO. The highest BCUT2D eigenvalue weighted by Crippen LogP contribution is 2.15. The third kappa shape index (κ3) is 10.3. The Bertz CT molecular complexity index is 337. The molecule has 0 aliphatic rings. The van der Waals surface area contributed by atoms with Gasteiger partial charge in [0.25, 0.3) is 0 Å². The number of amides is 1. The van der Waals surface area contributed by atoms with Crippen molar-refractivity contribution in [2.24, 2.45) is 11.8 Å². The Kier molecular flexibility index (Phi) is 11.0. The van der Waals surface area contributed by atoms with Crippen LogP contribution in [-0.4, -0.2) is 23.9 Å². The van der Waals surface area contributed by atoms with Crippen LogP contribution in [0, 0.1) is 11.8 Å². The molecule has 1 atom stereocenters. The van der Waals surface area contributed by atoms with E-state index >= 15 is 0 Å². The molecule has 0 fully saturated rings. The SMILES string of the molecule is CCN(CC)C(=O)/C=C(C)/C=C/CC(C)CCCC(C)C. The first-order valence-corrected chi connectivity index (χ1v) is 8.54. The Balaban J connectivity index is 4.14. The summed E-state index contributed by atoms with van der Waals surface area (Å²) in [5.74, 6) is 1.66. The maximum atomic E-state index is 11.9. The Morgan fingerprint density at radius 2 is 1.71 bits per heavy atom. The summed E-state index contributed by atoms with van der Waals surface area (Å²) in [7, 11) is 0. The Hall–Kier alpha value is -1.05. The van der Waals surface area contributed by atoms with Crippen molar-refractivity contribution in [3.05, 3.63) is 23.8 Å². The Labute approximate surface area is 132 Å². The first-order valence-electron chi connectivity index (χ1n) is 8.54. The Morgan fingerprint density at radius 3 is 2.24 bits per heavy atom. The lowest BCUT2D eigenvalue weighted by Gasteiger charge is -2.16. The number of carbonyl (C=O) groups excluding carboxylic acids is 1. The van der Waals surface area contributed by atoms with Gasteiger partial charge in [0.2, 0.25) is 5.91 Å². The fraction of sp³-hybridized carbons (Fsp3) is 0.737. The minimum Gasteiger partial charge on any atom is -0.340 e. The molecular weight excluding hydrogens is 258 g/mol. The van der Waals surface area contributed by atoms with E-state index in [4.69, 9.17) is 0 Å². The van der Waals surface area contributed by atoms with Crippen molar-refractivity contribution in [2.45, 2.75) is 67.2 Å². The van der Waals surface area contributed by atoms with E-state index in [0.29, 0.717) is 0 Å². The van der Waals surface area contributed by atoms with Crippen molar-refractivity contribution in [3.63, 3.8) is 0 Å². The highest BCUT2D eigenvalue weighted by atomic mass is 16.2. The van der Waals surface area contributed by atoms with Crippen molar-refractivity contribution in [2.75, 3.05) is 13.1 Å². The maximum Gasteiger partial charge on any atom is 0.246 e. The van der Waals surface area contributed by atoms with Crippen LogP contribution in [0.2, 0.25) is 0 Å². The smallest absolute Gasteiger partial charge is 0.246 e. The summed E-state index contributed by atoms with van der Waals surface area (Å²) in [4.78, 5) is 13.8. The fourth-order valence-electron chi connectivity index (χ4n) is 2.35. The molecule has 0 N–H and O–H groups in total. The first-order chi connectivity index (χ1) is 9.90. The van der Waals surface area contributed by atoms with E-state index in [9.17, 15) is 4.79 Å². The van der Waals surface area contributed by atoms with Gasteiger partial charge in [-0.15, -0.1) is 0 Å². The Morgan fingerprint density at radius 1 is 1.10 bits per heavy atom. The van der Waals surface area contributed by atoms with Crippen molar-refractivity contribution < 1.29 is 4.79 Å². The van der Waals surface area contributed by atoms with Crippen LogP contribution in [0.4, 0.5) is 0 Å². The largest absolute Gasteiger partial charge is 0.340 e. The van der Waals surface area contributed by atoms with Crippen LogP contribution in [0.25, 0.3) is 0 Å². The van der Waals surface area contributed by atoms with Gasteiger partial charge >= 0.3 is 0 Å². The summed E-state index contributed by atoms with van der Waals surface area (Å²) >= 11 is 0. The first kappa shape index (κ1) is 19.9. The second-order valence-corrected chi connectivity index (χ2v) is 6.47. The lowest BCUT2D eigenvalue weighted by atomic mass is 9.97. The minimum atomic E-state index is 0.118. The molecule has 0 aromatic heterocycles. The number of likely N-dealkylation sites (N-methyl/N-ethyl adjacent to an activating group) is 1. The maximum absolute atomic E-state index is 11.9. The van der Waals surface area contributed by atoms with Crippen molar-refractivity contribution in [1.82, 2.24) is 4.90 Å². The highest BCUT2D eigenvalue weighted by Gasteiger charge is 2.05. The second-order valence-electron chi connectivity index (χ2n) is 6.47. The number of hydrogen-bond donors (Lipinski definition) is 0. The number of nitrogens with zero attached hydrogens (tertiary/aromatic N) is 1. The van der Waals surface area contributed by atoms with E-state index in [1.807, 2.05) is 25.7 Å². The normalized spacial score (nSPS) is 14.0. The molecule has 0 bridgehead atoms. The third-order valence-electron chi connectivity index (χ3n) is 3.82. The molecule has 0 spiro atoms. The topological polar surface area (TPSA) is 20.3 Å². The fourth-order valence-corrected chi connectivity index (χ4v) is 2.35. The summed E-state index contributed by atoms with van der Waals surface area (Å²) in [6, 6.07) is 0. The molecule has 2 nitrogen and oxygen atoms in total. The molecule has 0 heterocycles. The quantitative estimate of drug-likeness (QED) is 0.400. The molecule has 2 heteroatoms. The van der Waals surface area contributed by atoms with E-state index in [2.05, 4.69) is 32.9 Å². The zero-order valence-corrected chi connectivity index (χ0v) is 15.0. The lowest BCUT2D eigenvalue weighted by molar-refractivity contribution is -0.125. The van der Waals surface area contributed by atoms with E-state index in [0.717, 1.165) is 36.9 Å². The summed E-state index contributed by atoms with van der Waals surface area (Å²) in [5, 5.41) is 0. The summed E-state index contributed by atoms with van der Waals surface area (Å²) in [6.07, 6.45) is 11.1. The molecule has 0 aliphatic heterocycles. The molecule has 0 aromatic rings. The van der Waals surface area contributed by atoms with Crippen LogP contribution in [0.1, 0.15) is 67.2 Å². The van der Waals surface area contributed by atoms with E-state index in [-0.39, 0.29) is 5.91 Å². The van der Waals surface area contributed by atoms with Crippen LogP contribution in [0.3, 0.4) is 0 Å². The van der Waals surface area contributed by atoms with E-state index in [1.54, 1.807) is 6.08 Å². The molecule has 1 unspecified atom stereocenters. The molecule has 21 heavy (non-hydrogen) atoms. The van der Waals surface area contributed by atoms with Gasteiger partial charge in [0.05, 0.1) is 0 Å². The summed E-state index contributed by atoms with van der Waals surface area (Å²) < 4.78 is 0. The van der Waals surface area contributed by atoms with E-state index < -0.39 is 0 Å². The third-order valence-corrected chi connectivity index (χ3v) is 3.82. The van der Waals surface area contributed by atoms with Gasteiger partial charge in [-0.25, -0.2) is 0 Å². The second kappa shape index (κ2) is 11.6. The van der Waals surface area contributed by atoms with Crippen LogP contribution >= 0.6 is 0 Å². The van der Waals surface area contributed by atoms with Crippen molar-refractivity contribution >= 4 is 5.91 Å². The molecule has 0 rings (SSSR count). The summed E-state index contributed by atoms with van der Waals surface area (Å²) in [5.41, 5.74) is 1.04. The average molecular weight is 293 g/mol. The predicted octanol–water partition coefficient (Wildman–Crippen LogP) is 5.21. The van der Waals surface area contributed by atoms with Crippen LogP contribution in [-0.2, 0) is 4.79 Å². The van der Waals surface area contributed by atoms with Gasteiger partial charge in [0.1, 0.15) is 0 Å². The van der Waals surface area contributed by atoms with Crippen LogP contribution in [0.15, 0.2) is 23.8 Å². The van der Waals surface area contributed by atoms with Gasteiger partial charge in [-0.3, -0.25) is 4.79 Å². The van der Waals surface area contributed by atoms with Crippen molar-refractivity contribution in [1.29, 1.82) is 0 Å². The number of carbonyl (C=O) groups is 1. The number of allylic oxidation sites excluding steroid dienone is 3. The zero-order chi connectivity index (χ0) is 16.3. The van der Waals surface area contributed by atoms with Gasteiger partial charge in [-0.1, -0.05) is 52.2 Å². The molecule has 0 saturated carbocycles. The predicted molar refractivity (Wildman–Crippen MR) is 93.3 cm³/mol. The van der Waals surface area contributed by atoms with Gasteiger partial charge in [-0.05, 0) is 44.6 Å². The van der Waals surface area contributed by atoms with Crippen LogP contribution < -0.4 is 0 Å². The molecule has 0 radical (unpaired) electrons.